The molecule has 3 heterocycles. The molecule has 1 amide bonds. The molecule has 6 heteroatoms. The average molecular weight is 384 g/mol. The summed E-state index contributed by atoms with van der Waals surface area (Å²) in [6, 6.07) is 2.94. The number of amides is 1. The van der Waals surface area contributed by atoms with Crippen molar-refractivity contribution in [2.75, 3.05) is 26.2 Å². The van der Waals surface area contributed by atoms with E-state index in [1.807, 2.05) is 21.8 Å². The lowest BCUT2D eigenvalue weighted by Gasteiger charge is -2.38. The molecular weight excluding hydrogens is 350 g/mol. The highest BCUT2D eigenvalue weighted by molar-refractivity contribution is 6.05. The Bertz CT molecular complexity index is 842. The second-order valence-corrected chi connectivity index (χ2v) is 8.94. The van der Waals surface area contributed by atoms with Gasteiger partial charge in [-0.1, -0.05) is 26.7 Å². The quantitative estimate of drug-likeness (QED) is 0.805. The standard InChI is InChI=1S/C22H33N5O/c1-15(2)20-13-18(19-14-23-27(16(3)4)21(19)24-20)22(28)26-11-9-25(10-12-26)17-7-5-6-8-17/h13-17H,5-12H2,1-4H3. The van der Waals surface area contributed by atoms with Crippen LogP contribution in [0.3, 0.4) is 0 Å². The molecule has 1 saturated carbocycles. The molecule has 0 atom stereocenters. The third-order valence-electron chi connectivity index (χ3n) is 6.34. The van der Waals surface area contributed by atoms with E-state index in [1.165, 1.54) is 25.7 Å². The van der Waals surface area contributed by atoms with E-state index in [0.717, 1.165) is 54.5 Å². The Morgan fingerprint density at radius 2 is 1.75 bits per heavy atom. The fourth-order valence-corrected chi connectivity index (χ4v) is 4.62. The van der Waals surface area contributed by atoms with Gasteiger partial charge in [0.05, 0.1) is 17.1 Å². The Balaban J connectivity index is 1.60. The normalized spacial score (nSPS) is 19.4. The van der Waals surface area contributed by atoms with Crippen molar-refractivity contribution in [1.29, 1.82) is 0 Å². The summed E-state index contributed by atoms with van der Waals surface area (Å²) in [6.45, 7) is 12.1. The zero-order valence-corrected chi connectivity index (χ0v) is 17.7. The number of carbonyl (C=O) groups excluding carboxylic acids is 1. The molecule has 0 unspecified atom stereocenters. The summed E-state index contributed by atoms with van der Waals surface area (Å²) in [5, 5.41) is 5.40. The first-order valence-electron chi connectivity index (χ1n) is 10.9. The van der Waals surface area contributed by atoms with E-state index < -0.39 is 0 Å². The van der Waals surface area contributed by atoms with Crippen molar-refractivity contribution in [2.45, 2.75) is 71.4 Å². The molecule has 0 bridgehead atoms. The highest BCUT2D eigenvalue weighted by atomic mass is 16.2. The van der Waals surface area contributed by atoms with Crippen molar-refractivity contribution in [2.24, 2.45) is 0 Å². The van der Waals surface area contributed by atoms with Crippen molar-refractivity contribution in [3.63, 3.8) is 0 Å². The first-order valence-corrected chi connectivity index (χ1v) is 10.9. The number of piperazine rings is 1. The summed E-state index contributed by atoms with van der Waals surface area (Å²) in [6.07, 6.45) is 7.18. The van der Waals surface area contributed by atoms with Crippen LogP contribution in [0.4, 0.5) is 0 Å². The summed E-state index contributed by atoms with van der Waals surface area (Å²) in [4.78, 5) is 22.9. The summed E-state index contributed by atoms with van der Waals surface area (Å²) in [5.41, 5.74) is 2.55. The minimum absolute atomic E-state index is 0.128. The van der Waals surface area contributed by atoms with E-state index in [1.54, 1.807) is 0 Å². The Labute approximate surface area is 167 Å². The monoisotopic (exact) mass is 383 g/mol. The maximum atomic E-state index is 13.4. The molecular formula is C22H33N5O. The largest absolute Gasteiger partial charge is 0.336 e. The molecule has 4 rings (SSSR count). The number of pyridine rings is 1. The maximum Gasteiger partial charge on any atom is 0.254 e. The molecule has 152 valence electrons. The predicted molar refractivity (Wildman–Crippen MR) is 112 cm³/mol. The van der Waals surface area contributed by atoms with Crippen LogP contribution in [-0.2, 0) is 0 Å². The summed E-state index contributed by atoms with van der Waals surface area (Å²) in [5.74, 6) is 0.398. The highest BCUT2D eigenvalue weighted by Crippen LogP contribution is 2.27. The van der Waals surface area contributed by atoms with Gasteiger partial charge in [0.15, 0.2) is 5.65 Å². The van der Waals surface area contributed by atoms with Gasteiger partial charge in [0, 0.05) is 44.0 Å². The minimum atomic E-state index is 0.128. The Morgan fingerprint density at radius 3 is 2.36 bits per heavy atom. The van der Waals surface area contributed by atoms with Gasteiger partial charge in [-0.25, -0.2) is 9.67 Å². The smallest absolute Gasteiger partial charge is 0.254 e. The molecule has 1 aliphatic heterocycles. The van der Waals surface area contributed by atoms with E-state index in [0.29, 0.717) is 0 Å². The zero-order valence-electron chi connectivity index (χ0n) is 17.7. The Hall–Kier alpha value is -1.95. The lowest BCUT2D eigenvalue weighted by atomic mass is 10.0. The lowest BCUT2D eigenvalue weighted by Crippen LogP contribution is -2.51. The number of fused-ring (bicyclic) bond motifs is 1. The Morgan fingerprint density at radius 1 is 1.07 bits per heavy atom. The molecule has 1 aliphatic carbocycles. The zero-order chi connectivity index (χ0) is 19.8. The van der Waals surface area contributed by atoms with Crippen LogP contribution in [-0.4, -0.2) is 62.7 Å². The Kier molecular flexibility index (Phi) is 5.41. The summed E-state index contributed by atoms with van der Waals surface area (Å²) >= 11 is 0. The van der Waals surface area contributed by atoms with Gasteiger partial charge in [0.25, 0.3) is 5.91 Å². The van der Waals surface area contributed by atoms with E-state index in [4.69, 9.17) is 4.98 Å². The van der Waals surface area contributed by atoms with Crippen molar-refractivity contribution < 1.29 is 4.79 Å². The number of rotatable bonds is 4. The molecule has 2 aromatic heterocycles. The van der Waals surface area contributed by atoms with Crippen LogP contribution in [0.2, 0.25) is 0 Å². The van der Waals surface area contributed by atoms with Gasteiger partial charge < -0.3 is 4.90 Å². The molecule has 6 nitrogen and oxygen atoms in total. The second-order valence-electron chi connectivity index (χ2n) is 8.94. The number of aromatic nitrogens is 3. The van der Waals surface area contributed by atoms with Crippen molar-refractivity contribution in [1.82, 2.24) is 24.6 Å². The summed E-state index contributed by atoms with van der Waals surface area (Å²) < 4.78 is 1.93. The molecule has 0 spiro atoms. The van der Waals surface area contributed by atoms with Gasteiger partial charge in [-0.3, -0.25) is 9.69 Å². The molecule has 2 fully saturated rings. The van der Waals surface area contributed by atoms with Gasteiger partial charge in [-0.15, -0.1) is 0 Å². The first-order chi connectivity index (χ1) is 13.5. The molecule has 0 radical (unpaired) electrons. The van der Waals surface area contributed by atoms with Gasteiger partial charge in [-0.05, 0) is 38.7 Å². The predicted octanol–water partition coefficient (Wildman–Crippen LogP) is 3.84. The summed E-state index contributed by atoms with van der Waals surface area (Å²) in [7, 11) is 0. The number of hydrogen-bond donors (Lipinski definition) is 0. The fraction of sp³-hybridized carbons (Fsp3) is 0.682. The third kappa shape index (κ3) is 3.54. The van der Waals surface area contributed by atoms with Gasteiger partial charge in [-0.2, -0.15) is 5.10 Å². The van der Waals surface area contributed by atoms with Crippen LogP contribution < -0.4 is 0 Å². The van der Waals surface area contributed by atoms with Crippen molar-refractivity contribution in [3.05, 3.63) is 23.5 Å². The van der Waals surface area contributed by atoms with E-state index in [2.05, 4.69) is 37.7 Å². The number of hydrogen-bond acceptors (Lipinski definition) is 4. The van der Waals surface area contributed by atoms with Crippen LogP contribution in [0.15, 0.2) is 12.3 Å². The topological polar surface area (TPSA) is 54.3 Å². The van der Waals surface area contributed by atoms with Gasteiger partial charge in [0.1, 0.15) is 0 Å². The van der Waals surface area contributed by atoms with Crippen LogP contribution in [0.1, 0.15) is 81.4 Å². The van der Waals surface area contributed by atoms with Crippen LogP contribution >= 0.6 is 0 Å². The molecule has 1 saturated heterocycles. The molecule has 2 aromatic rings. The molecule has 2 aliphatic rings. The van der Waals surface area contributed by atoms with Crippen molar-refractivity contribution >= 4 is 16.9 Å². The van der Waals surface area contributed by atoms with Gasteiger partial charge in [0.2, 0.25) is 0 Å². The SMILES string of the molecule is CC(C)c1cc(C(=O)N2CCN(C3CCCC3)CC2)c2cnn(C(C)C)c2n1. The lowest BCUT2D eigenvalue weighted by molar-refractivity contribution is 0.0575. The second kappa shape index (κ2) is 7.82. The first kappa shape index (κ1) is 19.4. The molecule has 28 heavy (non-hydrogen) atoms. The van der Waals surface area contributed by atoms with Gasteiger partial charge >= 0.3 is 0 Å². The van der Waals surface area contributed by atoms with Crippen LogP contribution in [0.5, 0.6) is 0 Å². The van der Waals surface area contributed by atoms with E-state index >= 15 is 0 Å². The minimum Gasteiger partial charge on any atom is -0.336 e. The maximum absolute atomic E-state index is 13.4. The van der Waals surface area contributed by atoms with Crippen LogP contribution in [0.25, 0.3) is 11.0 Å². The van der Waals surface area contributed by atoms with E-state index in [-0.39, 0.29) is 17.9 Å². The third-order valence-corrected chi connectivity index (χ3v) is 6.34. The van der Waals surface area contributed by atoms with Crippen molar-refractivity contribution in [3.8, 4) is 0 Å². The van der Waals surface area contributed by atoms with Crippen LogP contribution in [0, 0.1) is 0 Å². The fourth-order valence-electron chi connectivity index (χ4n) is 4.62. The van der Waals surface area contributed by atoms with E-state index in [9.17, 15) is 4.79 Å². The highest BCUT2D eigenvalue weighted by Gasteiger charge is 2.29. The number of nitrogens with zero attached hydrogens (tertiary/aromatic N) is 5. The average Bonchev–Trinajstić information content (AvgIpc) is 3.36. The molecule has 0 N–H and O–H groups in total. The molecule has 0 aromatic carbocycles. The number of carbonyl (C=O) groups is 1.